The predicted octanol–water partition coefficient (Wildman–Crippen LogP) is 2.19. The van der Waals surface area contributed by atoms with Gasteiger partial charge in [-0.3, -0.25) is 10.1 Å². The number of rotatable bonds is 4. The molecule has 20 heavy (non-hydrogen) atoms. The summed E-state index contributed by atoms with van der Waals surface area (Å²) >= 11 is 1.75. The normalized spacial score (nSPS) is 17.2. The fourth-order valence-electron chi connectivity index (χ4n) is 1.91. The van der Waals surface area contributed by atoms with E-state index >= 15 is 0 Å². The molecular formula is C13H21Cl2N3OS. The van der Waals surface area contributed by atoms with Crippen LogP contribution in [0.2, 0.25) is 0 Å². The summed E-state index contributed by atoms with van der Waals surface area (Å²) in [6.07, 6.45) is 0. The first-order valence-electron chi connectivity index (χ1n) is 6.01. The van der Waals surface area contributed by atoms with Gasteiger partial charge in [-0.15, -0.1) is 36.6 Å². The summed E-state index contributed by atoms with van der Waals surface area (Å²) in [5.41, 5.74) is 2.07. The van der Waals surface area contributed by atoms with Crippen LogP contribution in [0, 0.1) is 0 Å². The second-order valence-corrected chi connectivity index (χ2v) is 5.73. The van der Waals surface area contributed by atoms with Crippen molar-refractivity contribution in [3.05, 3.63) is 29.8 Å². The minimum absolute atomic E-state index is 0. The number of hydrogen-bond acceptors (Lipinski definition) is 4. The lowest BCUT2D eigenvalue weighted by molar-refractivity contribution is -0.117. The number of amides is 1. The Bertz CT molecular complexity index is 426. The monoisotopic (exact) mass is 337 g/mol. The molecule has 2 N–H and O–H groups in total. The van der Waals surface area contributed by atoms with Crippen molar-refractivity contribution in [1.29, 1.82) is 0 Å². The third kappa shape index (κ3) is 5.89. The maximum absolute atomic E-state index is 12.0. The van der Waals surface area contributed by atoms with Gasteiger partial charge in [-0.25, -0.2) is 0 Å². The Morgan fingerprint density at radius 3 is 2.80 bits per heavy atom. The molecule has 0 radical (unpaired) electrons. The second kappa shape index (κ2) is 9.47. The molecule has 1 aliphatic rings. The van der Waals surface area contributed by atoms with Gasteiger partial charge in [-0.1, -0.05) is 12.1 Å². The summed E-state index contributed by atoms with van der Waals surface area (Å²) in [6.45, 7) is 0.876. The first-order chi connectivity index (χ1) is 8.65. The van der Waals surface area contributed by atoms with Gasteiger partial charge in [-0.05, 0) is 31.8 Å². The van der Waals surface area contributed by atoms with Gasteiger partial charge in [0.2, 0.25) is 5.91 Å². The topological polar surface area (TPSA) is 44.4 Å². The third-order valence-corrected chi connectivity index (χ3v) is 3.67. The number of carbonyl (C=O) groups is 1. The van der Waals surface area contributed by atoms with Gasteiger partial charge in [0.15, 0.2) is 0 Å². The fraction of sp³-hybridized carbons (Fsp3) is 0.462. The highest BCUT2D eigenvalue weighted by molar-refractivity contribution is 7.99. The zero-order valence-corrected chi connectivity index (χ0v) is 14.0. The van der Waals surface area contributed by atoms with Gasteiger partial charge in [0.05, 0.1) is 6.04 Å². The maximum Gasteiger partial charge on any atom is 0.242 e. The van der Waals surface area contributed by atoms with Crippen molar-refractivity contribution in [3.8, 4) is 0 Å². The van der Waals surface area contributed by atoms with Crippen LogP contribution in [0.3, 0.4) is 0 Å². The summed E-state index contributed by atoms with van der Waals surface area (Å²) < 4.78 is 0. The molecule has 1 saturated heterocycles. The number of nitrogens with one attached hydrogen (secondary N) is 2. The molecule has 1 fully saturated rings. The number of anilines is 1. The van der Waals surface area contributed by atoms with Crippen LogP contribution in [0.1, 0.15) is 5.56 Å². The lowest BCUT2D eigenvalue weighted by atomic mass is 10.2. The van der Waals surface area contributed by atoms with E-state index in [0.29, 0.717) is 0 Å². The van der Waals surface area contributed by atoms with Gasteiger partial charge in [0.1, 0.15) is 0 Å². The zero-order valence-electron chi connectivity index (χ0n) is 11.6. The molecule has 7 heteroatoms. The molecule has 4 nitrogen and oxygen atoms in total. The van der Waals surface area contributed by atoms with Crippen molar-refractivity contribution in [2.24, 2.45) is 0 Å². The predicted molar refractivity (Wildman–Crippen MR) is 91.2 cm³/mol. The first-order valence-corrected chi connectivity index (χ1v) is 7.16. The number of nitrogens with zero attached hydrogens (tertiary/aromatic N) is 1. The molecule has 1 heterocycles. The van der Waals surface area contributed by atoms with Gasteiger partial charge >= 0.3 is 0 Å². The molecule has 1 aliphatic heterocycles. The van der Waals surface area contributed by atoms with Crippen LogP contribution in [0.4, 0.5) is 5.69 Å². The van der Waals surface area contributed by atoms with Crippen molar-refractivity contribution in [3.63, 3.8) is 0 Å². The van der Waals surface area contributed by atoms with Gasteiger partial charge in [0.25, 0.3) is 0 Å². The van der Waals surface area contributed by atoms with Crippen molar-refractivity contribution in [2.75, 3.05) is 31.0 Å². The molecule has 0 saturated carbocycles. The molecular weight excluding hydrogens is 317 g/mol. The Labute approximate surface area is 136 Å². The number of thioether (sulfide) groups is 1. The molecule has 2 rings (SSSR count). The molecule has 1 amide bonds. The Kier molecular flexibility index (Phi) is 9.25. The molecule has 0 aliphatic carbocycles. The molecule has 0 spiro atoms. The second-order valence-electron chi connectivity index (χ2n) is 4.70. The molecule has 1 aromatic rings. The van der Waals surface area contributed by atoms with E-state index in [0.717, 1.165) is 23.9 Å². The molecule has 0 aromatic heterocycles. The maximum atomic E-state index is 12.0. The van der Waals surface area contributed by atoms with E-state index in [1.165, 1.54) is 5.56 Å². The van der Waals surface area contributed by atoms with E-state index < -0.39 is 0 Å². The fourth-order valence-corrected chi connectivity index (χ4v) is 2.85. The highest BCUT2D eigenvalue weighted by atomic mass is 35.5. The molecule has 0 bridgehead atoms. The highest BCUT2D eigenvalue weighted by Gasteiger charge is 2.22. The van der Waals surface area contributed by atoms with Crippen molar-refractivity contribution in [2.45, 2.75) is 12.6 Å². The van der Waals surface area contributed by atoms with Crippen LogP contribution in [-0.2, 0) is 11.3 Å². The Balaban J connectivity index is 0.00000180. The average Bonchev–Trinajstić information content (AvgIpc) is 2.81. The Hall–Kier alpha value is -0.460. The van der Waals surface area contributed by atoms with E-state index in [1.54, 1.807) is 11.8 Å². The minimum atomic E-state index is -0.0625. The van der Waals surface area contributed by atoms with E-state index in [1.807, 2.05) is 32.3 Å². The third-order valence-electron chi connectivity index (χ3n) is 2.73. The van der Waals surface area contributed by atoms with E-state index in [4.69, 9.17) is 0 Å². The highest BCUT2D eigenvalue weighted by Crippen LogP contribution is 2.15. The van der Waals surface area contributed by atoms with Crippen LogP contribution < -0.4 is 10.6 Å². The molecule has 114 valence electrons. The van der Waals surface area contributed by atoms with E-state index in [2.05, 4.69) is 21.6 Å². The van der Waals surface area contributed by atoms with Crippen molar-refractivity contribution >= 4 is 48.2 Å². The smallest absolute Gasteiger partial charge is 0.242 e. The minimum Gasteiger partial charge on any atom is -0.325 e. The number of hydrogen-bond donors (Lipinski definition) is 2. The molecule has 1 unspecified atom stereocenters. The Morgan fingerprint density at radius 1 is 1.45 bits per heavy atom. The lowest BCUT2D eigenvalue weighted by Crippen LogP contribution is -2.37. The van der Waals surface area contributed by atoms with Crippen molar-refractivity contribution < 1.29 is 4.79 Å². The van der Waals surface area contributed by atoms with Crippen LogP contribution in [0.15, 0.2) is 24.3 Å². The standard InChI is InChI=1S/C13H19N3OS.2ClH/c1-16(2)7-10-4-3-5-11(6-10)15-13(17)12-8-18-9-14-12;;/h3-6,12,14H,7-9H2,1-2H3,(H,15,17);2*1H. The van der Waals surface area contributed by atoms with Gasteiger partial charge < -0.3 is 10.2 Å². The van der Waals surface area contributed by atoms with Crippen LogP contribution in [0.5, 0.6) is 0 Å². The van der Waals surface area contributed by atoms with E-state index in [-0.39, 0.29) is 36.8 Å². The van der Waals surface area contributed by atoms with Crippen LogP contribution in [0.25, 0.3) is 0 Å². The number of benzene rings is 1. The van der Waals surface area contributed by atoms with Crippen molar-refractivity contribution in [1.82, 2.24) is 10.2 Å². The molecule has 1 aromatic carbocycles. The van der Waals surface area contributed by atoms with Gasteiger partial charge in [0, 0.05) is 23.9 Å². The zero-order chi connectivity index (χ0) is 13.0. The average molecular weight is 338 g/mol. The SMILES string of the molecule is CN(C)Cc1cccc(NC(=O)C2CSCN2)c1.Cl.Cl. The Morgan fingerprint density at radius 2 is 2.20 bits per heavy atom. The van der Waals surface area contributed by atoms with Crippen LogP contribution in [-0.4, -0.2) is 42.6 Å². The molecule has 1 atom stereocenters. The largest absolute Gasteiger partial charge is 0.325 e. The van der Waals surface area contributed by atoms with Crippen LogP contribution >= 0.6 is 36.6 Å². The number of carbonyl (C=O) groups excluding carboxylic acids is 1. The summed E-state index contributed by atoms with van der Waals surface area (Å²) in [7, 11) is 4.07. The first kappa shape index (κ1) is 19.5. The number of halogens is 2. The summed E-state index contributed by atoms with van der Waals surface area (Å²) in [6, 6.07) is 7.94. The van der Waals surface area contributed by atoms with Gasteiger partial charge in [-0.2, -0.15) is 0 Å². The summed E-state index contributed by atoms with van der Waals surface area (Å²) in [5, 5.41) is 6.13. The van der Waals surface area contributed by atoms with E-state index in [9.17, 15) is 4.79 Å². The quantitative estimate of drug-likeness (QED) is 0.883. The lowest BCUT2D eigenvalue weighted by Gasteiger charge is -2.13. The summed E-state index contributed by atoms with van der Waals surface area (Å²) in [4.78, 5) is 14.1. The summed E-state index contributed by atoms with van der Waals surface area (Å²) in [5.74, 6) is 1.77.